The summed E-state index contributed by atoms with van der Waals surface area (Å²) in [7, 11) is 0. The molecule has 1 N–H and O–H groups in total. The first kappa shape index (κ1) is 16.4. The van der Waals surface area contributed by atoms with E-state index in [1.54, 1.807) is 6.20 Å². The molecule has 5 nitrogen and oxygen atoms in total. The van der Waals surface area contributed by atoms with Crippen molar-refractivity contribution in [3.63, 3.8) is 0 Å². The molecule has 1 unspecified atom stereocenters. The van der Waals surface area contributed by atoms with Gasteiger partial charge in [-0.1, -0.05) is 6.07 Å². The number of rotatable bonds is 3. The Balaban J connectivity index is 1.58. The molecule has 1 fully saturated rings. The molecule has 1 amide bonds. The summed E-state index contributed by atoms with van der Waals surface area (Å²) in [5, 5.41) is 7.10. The van der Waals surface area contributed by atoms with Gasteiger partial charge in [0, 0.05) is 46.4 Å². The summed E-state index contributed by atoms with van der Waals surface area (Å²) in [6, 6.07) is 14.0. The second-order valence-corrected chi connectivity index (χ2v) is 7.59. The number of likely N-dealkylation sites (tertiary alicyclic amines) is 1. The van der Waals surface area contributed by atoms with Crippen molar-refractivity contribution in [2.45, 2.75) is 18.8 Å². The van der Waals surface area contributed by atoms with Gasteiger partial charge >= 0.3 is 0 Å². The molecule has 4 rings (SSSR count). The van der Waals surface area contributed by atoms with Gasteiger partial charge < -0.3 is 9.47 Å². The van der Waals surface area contributed by atoms with E-state index in [1.165, 1.54) is 0 Å². The van der Waals surface area contributed by atoms with Crippen LogP contribution < -0.4 is 0 Å². The Morgan fingerprint density at radius 2 is 2.16 bits per heavy atom. The number of amides is 1. The molecular weight excluding hydrogens is 427 g/mol. The number of aromatic nitrogens is 3. The standard InChI is InChI=1S/C19H19IN4O/c20-15-5-1-6-16(12-15)24-11-3-7-18(24)19(25)23-10-2-4-14(13-23)17-8-9-21-22-17/h1,3,5-9,11-12,14H,2,4,10,13H2,(H,21,22). The molecule has 0 saturated carbocycles. The maximum Gasteiger partial charge on any atom is 0.270 e. The summed E-state index contributed by atoms with van der Waals surface area (Å²) in [6.45, 7) is 1.54. The fraction of sp³-hybridized carbons (Fsp3) is 0.263. The Morgan fingerprint density at radius 3 is 2.96 bits per heavy atom. The summed E-state index contributed by atoms with van der Waals surface area (Å²) in [5.41, 5.74) is 2.85. The molecule has 1 atom stereocenters. The molecule has 0 aliphatic carbocycles. The van der Waals surface area contributed by atoms with Crippen LogP contribution >= 0.6 is 22.6 Å². The van der Waals surface area contributed by atoms with Crippen molar-refractivity contribution in [3.05, 3.63) is 69.8 Å². The molecular formula is C19H19IN4O. The Hall–Kier alpha value is -2.09. The molecule has 6 heteroatoms. The smallest absolute Gasteiger partial charge is 0.270 e. The number of nitrogens with zero attached hydrogens (tertiary/aromatic N) is 3. The van der Waals surface area contributed by atoms with Crippen molar-refractivity contribution < 1.29 is 4.79 Å². The first-order chi connectivity index (χ1) is 12.2. The average Bonchev–Trinajstić information content (AvgIpc) is 3.33. The number of nitrogens with one attached hydrogen (secondary N) is 1. The number of piperidine rings is 1. The van der Waals surface area contributed by atoms with Gasteiger partial charge in [0.05, 0.1) is 0 Å². The van der Waals surface area contributed by atoms with Crippen LogP contribution in [0.3, 0.4) is 0 Å². The third-order valence-electron chi connectivity index (χ3n) is 4.72. The number of halogens is 1. The molecule has 1 aliphatic heterocycles. The highest BCUT2D eigenvalue weighted by Gasteiger charge is 2.27. The van der Waals surface area contributed by atoms with Crippen molar-refractivity contribution in [2.24, 2.45) is 0 Å². The van der Waals surface area contributed by atoms with E-state index >= 15 is 0 Å². The lowest BCUT2D eigenvalue weighted by Crippen LogP contribution is -2.40. The molecule has 128 valence electrons. The number of hydrogen-bond donors (Lipinski definition) is 1. The Kier molecular flexibility index (Phi) is 4.61. The predicted octanol–water partition coefficient (Wildman–Crippen LogP) is 3.82. The van der Waals surface area contributed by atoms with E-state index in [2.05, 4.69) is 44.9 Å². The van der Waals surface area contributed by atoms with Crippen LogP contribution in [0.25, 0.3) is 5.69 Å². The highest BCUT2D eigenvalue weighted by molar-refractivity contribution is 14.1. The molecule has 1 aliphatic rings. The van der Waals surface area contributed by atoms with E-state index in [1.807, 2.05) is 46.0 Å². The lowest BCUT2D eigenvalue weighted by Gasteiger charge is -2.32. The number of carbonyl (C=O) groups is 1. The predicted molar refractivity (Wildman–Crippen MR) is 105 cm³/mol. The summed E-state index contributed by atoms with van der Waals surface area (Å²) in [4.78, 5) is 15.1. The van der Waals surface area contributed by atoms with E-state index in [4.69, 9.17) is 0 Å². The van der Waals surface area contributed by atoms with Crippen LogP contribution in [0.15, 0.2) is 54.9 Å². The highest BCUT2D eigenvalue weighted by atomic mass is 127. The Morgan fingerprint density at radius 1 is 1.24 bits per heavy atom. The normalized spacial score (nSPS) is 17.6. The SMILES string of the molecule is O=C(c1cccn1-c1cccc(I)c1)N1CCCC(c2ccn[nH]2)C1. The van der Waals surface area contributed by atoms with Gasteiger partial charge in [0.25, 0.3) is 5.91 Å². The van der Waals surface area contributed by atoms with Crippen molar-refractivity contribution in [1.82, 2.24) is 19.7 Å². The fourth-order valence-electron chi connectivity index (χ4n) is 3.48. The van der Waals surface area contributed by atoms with Crippen LogP contribution in [0, 0.1) is 3.57 Å². The van der Waals surface area contributed by atoms with Crippen molar-refractivity contribution >= 4 is 28.5 Å². The second-order valence-electron chi connectivity index (χ2n) is 6.35. The maximum absolute atomic E-state index is 13.1. The summed E-state index contributed by atoms with van der Waals surface area (Å²) >= 11 is 2.29. The number of benzene rings is 1. The molecule has 0 spiro atoms. The number of carbonyl (C=O) groups excluding carboxylic acids is 1. The third-order valence-corrected chi connectivity index (χ3v) is 5.40. The largest absolute Gasteiger partial charge is 0.337 e. The Labute approximate surface area is 160 Å². The lowest BCUT2D eigenvalue weighted by atomic mass is 9.95. The van der Waals surface area contributed by atoms with Crippen LogP contribution in [-0.2, 0) is 0 Å². The van der Waals surface area contributed by atoms with Crippen LogP contribution in [0.5, 0.6) is 0 Å². The van der Waals surface area contributed by atoms with E-state index in [9.17, 15) is 4.79 Å². The minimum absolute atomic E-state index is 0.0908. The van der Waals surface area contributed by atoms with Gasteiger partial charge in [-0.3, -0.25) is 9.89 Å². The van der Waals surface area contributed by atoms with E-state index in [0.29, 0.717) is 11.6 Å². The van der Waals surface area contributed by atoms with Crippen LogP contribution in [0.4, 0.5) is 0 Å². The van der Waals surface area contributed by atoms with E-state index in [0.717, 1.165) is 40.9 Å². The fourth-order valence-corrected chi connectivity index (χ4v) is 4.00. The topological polar surface area (TPSA) is 53.9 Å². The van der Waals surface area contributed by atoms with E-state index in [-0.39, 0.29) is 5.91 Å². The van der Waals surface area contributed by atoms with Gasteiger partial charge in [-0.15, -0.1) is 0 Å². The summed E-state index contributed by atoms with van der Waals surface area (Å²) < 4.78 is 3.13. The molecule has 3 aromatic rings. The molecule has 3 heterocycles. The number of aromatic amines is 1. The van der Waals surface area contributed by atoms with Gasteiger partial charge in [-0.25, -0.2) is 0 Å². The van der Waals surface area contributed by atoms with Gasteiger partial charge in [-0.2, -0.15) is 5.10 Å². The van der Waals surface area contributed by atoms with Crippen LogP contribution in [-0.4, -0.2) is 38.7 Å². The first-order valence-electron chi connectivity index (χ1n) is 8.44. The van der Waals surface area contributed by atoms with Gasteiger partial charge in [0.1, 0.15) is 5.69 Å². The van der Waals surface area contributed by atoms with Crippen molar-refractivity contribution in [3.8, 4) is 5.69 Å². The maximum atomic E-state index is 13.1. The van der Waals surface area contributed by atoms with Gasteiger partial charge in [0.2, 0.25) is 0 Å². The minimum atomic E-state index is 0.0908. The second kappa shape index (κ2) is 7.03. The number of hydrogen-bond acceptors (Lipinski definition) is 2. The summed E-state index contributed by atoms with van der Waals surface area (Å²) in [6.07, 6.45) is 5.83. The highest BCUT2D eigenvalue weighted by Crippen LogP contribution is 2.27. The molecule has 1 aromatic carbocycles. The summed E-state index contributed by atoms with van der Waals surface area (Å²) in [5.74, 6) is 0.425. The first-order valence-corrected chi connectivity index (χ1v) is 9.52. The molecule has 0 radical (unpaired) electrons. The zero-order chi connectivity index (χ0) is 17.2. The van der Waals surface area contributed by atoms with Gasteiger partial charge in [-0.05, 0) is 71.8 Å². The van der Waals surface area contributed by atoms with Crippen molar-refractivity contribution in [1.29, 1.82) is 0 Å². The zero-order valence-electron chi connectivity index (χ0n) is 13.7. The monoisotopic (exact) mass is 446 g/mol. The quantitative estimate of drug-likeness (QED) is 0.622. The van der Waals surface area contributed by atoms with E-state index < -0.39 is 0 Å². The molecule has 0 bridgehead atoms. The third kappa shape index (κ3) is 3.35. The minimum Gasteiger partial charge on any atom is -0.337 e. The lowest BCUT2D eigenvalue weighted by molar-refractivity contribution is 0.0698. The van der Waals surface area contributed by atoms with Crippen molar-refractivity contribution in [2.75, 3.05) is 13.1 Å². The van der Waals surface area contributed by atoms with Crippen LogP contribution in [0.1, 0.15) is 34.9 Å². The molecule has 25 heavy (non-hydrogen) atoms. The average molecular weight is 446 g/mol. The number of H-pyrrole nitrogens is 1. The zero-order valence-corrected chi connectivity index (χ0v) is 15.9. The Bertz CT molecular complexity index is 871. The van der Waals surface area contributed by atoms with Crippen LogP contribution in [0.2, 0.25) is 0 Å². The molecule has 1 saturated heterocycles. The molecule has 2 aromatic heterocycles. The van der Waals surface area contributed by atoms with Gasteiger partial charge in [0.15, 0.2) is 0 Å².